The number of urea groups is 1. The van der Waals surface area contributed by atoms with Crippen molar-refractivity contribution in [1.29, 1.82) is 0 Å². The van der Waals surface area contributed by atoms with E-state index in [1.54, 1.807) is 4.90 Å². The van der Waals surface area contributed by atoms with Crippen molar-refractivity contribution in [1.82, 2.24) is 20.4 Å². The van der Waals surface area contributed by atoms with Crippen molar-refractivity contribution >= 4 is 6.03 Å². The molecule has 6 nitrogen and oxygen atoms in total. The zero-order chi connectivity index (χ0) is 17.6. The molecule has 1 aliphatic rings. The zero-order valence-corrected chi connectivity index (χ0v) is 15.0. The van der Waals surface area contributed by atoms with E-state index >= 15 is 0 Å². The van der Waals surface area contributed by atoms with E-state index < -0.39 is 0 Å². The summed E-state index contributed by atoms with van der Waals surface area (Å²) in [6, 6.07) is 8.40. The second-order valence-electron chi connectivity index (χ2n) is 6.66. The van der Waals surface area contributed by atoms with Crippen LogP contribution in [-0.2, 0) is 13.0 Å². The van der Waals surface area contributed by atoms with E-state index in [4.69, 9.17) is 4.52 Å². The van der Waals surface area contributed by atoms with E-state index in [0.717, 1.165) is 25.7 Å². The van der Waals surface area contributed by atoms with Crippen molar-refractivity contribution in [3.63, 3.8) is 0 Å². The Hall–Kier alpha value is -2.37. The second kappa shape index (κ2) is 8.14. The Morgan fingerprint density at radius 1 is 1.40 bits per heavy atom. The van der Waals surface area contributed by atoms with Crippen LogP contribution >= 0.6 is 0 Å². The normalized spacial score (nSPS) is 13.7. The van der Waals surface area contributed by atoms with Crippen LogP contribution in [0.15, 0.2) is 28.8 Å². The molecule has 2 amide bonds. The van der Waals surface area contributed by atoms with Crippen molar-refractivity contribution in [2.24, 2.45) is 0 Å². The number of carbonyl (C=O) groups excluding carboxylic acids is 1. The van der Waals surface area contributed by atoms with Gasteiger partial charge in [-0.05, 0) is 45.1 Å². The maximum atomic E-state index is 12.3. The number of amides is 2. The lowest BCUT2D eigenvalue weighted by molar-refractivity contribution is 0.196. The minimum Gasteiger partial charge on any atom is -0.339 e. The van der Waals surface area contributed by atoms with Gasteiger partial charge in [0.2, 0.25) is 5.89 Å². The zero-order valence-electron chi connectivity index (χ0n) is 15.0. The van der Waals surface area contributed by atoms with Crippen molar-refractivity contribution in [2.75, 3.05) is 13.1 Å². The first kappa shape index (κ1) is 17.5. The van der Waals surface area contributed by atoms with E-state index in [1.165, 1.54) is 11.1 Å². The molecule has 0 atom stereocenters. The SMILES string of the molecule is CCN(Cc1noc(C2CC2)n1)C(=O)NCCCc1cccc(C)c1. The molecule has 1 heterocycles. The minimum atomic E-state index is -0.0792. The number of aryl methyl sites for hydroxylation is 2. The molecule has 0 saturated heterocycles. The fourth-order valence-corrected chi connectivity index (χ4v) is 2.79. The second-order valence-corrected chi connectivity index (χ2v) is 6.66. The molecule has 0 bridgehead atoms. The summed E-state index contributed by atoms with van der Waals surface area (Å²) in [4.78, 5) is 18.4. The Kier molecular flexibility index (Phi) is 5.68. The molecule has 1 aromatic carbocycles. The Morgan fingerprint density at radius 3 is 2.96 bits per heavy atom. The average Bonchev–Trinajstić information content (AvgIpc) is 3.35. The monoisotopic (exact) mass is 342 g/mol. The number of aromatic nitrogens is 2. The summed E-state index contributed by atoms with van der Waals surface area (Å²) in [7, 11) is 0. The topological polar surface area (TPSA) is 71.3 Å². The molecule has 0 aliphatic heterocycles. The highest BCUT2D eigenvalue weighted by atomic mass is 16.5. The molecule has 0 unspecified atom stereocenters. The first-order valence-corrected chi connectivity index (χ1v) is 9.06. The van der Waals surface area contributed by atoms with Crippen molar-refractivity contribution in [3.05, 3.63) is 47.1 Å². The van der Waals surface area contributed by atoms with Crippen LogP contribution in [-0.4, -0.2) is 34.2 Å². The fourth-order valence-electron chi connectivity index (χ4n) is 2.79. The number of carbonyl (C=O) groups is 1. The molecule has 6 heteroatoms. The lowest BCUT2D eigenvalue weighted by Crippen LogP contribution is -2.40. The quantitative estimate of drug-likeness (QED) is 0.746. The lowest BCUT2D eigenvalue weighted by Gasteiger charge is -2.19. The average molecular weight is 342 g/mol. The molecule has 2 aromatic rings. The standard InChI is InChI=1S/C19H26N4O2/c1-3-23(13-17-21-18(25-22-17)16-9-10-16)19(24)20-11-5-8-15-7-4-6-14(2)12-15/h4,6-7,12,16H,3,5,8-11,13H2,1-2H3,(H,20,24). The molecule has 3 rings (SSSR count). The Bertz CT molecular complexity index is 709. The molecular formula is C19H26N4O2. The maximum absolute atomic E-state index is 12.3. The molecular weight excluding hydrogens is 316 g/mol. The first-order valence-electron chi connectivity index (χ1n) is 9.06. The van der Waals surface area contributed by atoms with Crippen LogP contribution in [0, 0.1) is 6.92 Å². The van der Waals surface area contributed by atoms with Crippen LogP contribution in [0.3, 0.4) is 0 Å². The van der Waals surface area contributed by atoms with Crippen LogP contribution in [0.4, 0.5) is 4.79 Å². The van der Waals surface area contributed by atoms with E-state index in [9.17, 15) is 4.79 Å². The molecule has 1 fully saturated rings. The predicted molar refractivity (Wildman–Crippen MR) is 95.3 cm³/mol. The highest BCUT2D eigenvalue weighted by Gasteiger charge is 2.30. The third-order valence-corrected chi connectivity index (χ3v) is 4.41. The number of hydrogen-bond acceptors (Lipinski definition) is 4. The predicted octanol–water partition coefficient (Wildman–Crippen LogP) is 3.42. The van der Waals surface area contributed by atoms with E-state index in [2.05, 4.69) is 46.6 Å². The molecule has 1 N–H and O–H groups in total. The first-order chi connectivity index (χ1) is 12.2. The number of rotatable bonds is 8. The smallest absolute Gasteiger partial charge is 0.317 e. The van der Waals surface area contributed by atoms with Gasteiger partial charge in [-0.1, -0.05) is 35.0 Å². The highest BCUT2D eigenvalue weighted by molar-refractivity contribution is 5.73. The maximum Gasteiger partial charge on any atom is 0.317 e. The summed E-state index contributed by atoms with van der Waals surface area (Å²) >= 11 is 0. The number of hydrogen-bond donors (Lipinski definition) is 1. The van der Waals surface area contributed by atoms with Crippen LogP contribution in [0.5, 0.6) is 0 Å². The Balaban J connectivity index is 1.42. The third kappa shape index (κ3) is 5.05. The van der Waals surface area contributed by atoms with Gasteiger partial charge >= 0.3 is 6.03 Å². The molecule has 0 spiro atoms. The van der Waals surface area contributed by atoms with Gasteiger partial charge in [-0.15, -0.1) is 0 Å². The molecule has 1 aromatic heterocycles. The summed E-state index contributed by atoms with van der Waals surface area (Å²) in [5, 5.41) is 6.97. The molecule has 25 heavy (non-hydrogen) atoms. The van der Waals surface area contributed by atoms with Crippen molar-refractivity contribution in [3.8, 4) is 0 Å². The van der Waals surface area contributed by atoms with Gasteiger partial charge in [-0.25, -0.2) is 4.79 Å². The van der Waals surface area contributed by atoms with Gasteiger partial charge in [0.15, 0.2) is 5.82 Å². The molecule has 134 valence electrons. The lowest BCUT2D eigenvalue weighted by atomic mass is 10.1. The van der Waals surface area contributed by atoms with E-state index in [0.29, 0.717) is 37.3 Å². The van der Waals surface area contributed by atoms with Crippen LogP contribution in [0.25, 0.3) is 0 Å². The van der Waals surface area contributed by atoms with Crippen LogP contribution in [0.2, 0.25) is 0 Å². The van der Waals surface area contributed by atoms with Gasteiger partial charge in [0.25, 0.3) is 0 Å². The van der Waals surface area contributed by atoms with Gasteiger partial charge in [-0.3, -0.25) is 0 Å². The minimum absolute atomic E-state index is 0.0792. The Morgan fingerprint density at radius 2 is 2.24 bits per heavy atom. The largest absolute Gasteiger partial charge is 0.339 e. The molecule has 0 radical (unpaired) electrons. The highest BCUT2D eigenvalue weighted by Crippen LogP contribution is 2.38. The number of benzene rings is 1. The number of nitrogens with zero attached hydrogens (tertiary/aromatic N) is 3. The Labute approximate surface area is 148 Å². The van der Waals surface area contributed by atoms with Gasteiger partial charge in [0, 0.05) is 19.0 Å². The summed E-state index contributed by atoms with van der Waals surface area (Å²) in [5.41, 5.74) is 2.57. The fraction of sp³-hybridized carbons (Fsp3) is 0.526. The summed E-state index contributed by atoms with van der Waals surface area (Å²) in [6.45, 7) is 5.70. The van der Waals surface area contributed by atoms with Gasteiger partial charge in [-0.2, -0.15) is 4.98 Å². The van der Waals surface area contributed by atoms with Crippen LogP contribution < -0.4 is 5.32 Å². The van der Waals surface area contributed by atoms with E-state index in [-0.39, 0.29) is 6.03 Å². The van der Waals surface area contributed by atoms with Crippen molar-refractivity contribution < 1.29 is 9.32 Å². The molecule has 1 aliphatic carbocycles. The summed E-state index contributed by atoms with van der Waals surface area (Å²) < 4.78 is 5.25. The van der Waals surface area contributed by atoms with E-state index in [1.807, 2.05) is 6.92 Å². The number of nitrogens with one attached hydrogen (secondary N) is 1. The third-order valence-electron chi connectivity index (χ3n) is 4.41. The van der Waals surface area contributed by atoms with Gasteiger partial charge in [0.1, 0.15) is 0 Å². The van der Waals surface area contributed by atoms with Gasteiger partial charge < -0.3 is 14.7 Å². The van der Waals surface area contributed by atoms with Gasteiger partial charge in [0.05, 0.1) is 6.54 Å². The van der Waals surface area contributed by atoms with Crippen molar-refractivity contribution in [2.45, 2.75) is 52.0 Å². The van der Waals surface area contributed by atoms with Crippen LogP contribution in [0.1, 0.15) is 54.9 Å². The summed E-state index contributed by atoms with van der Waals surface area (Å²) in [6.07, 6.45) is 4.13. The molecule has 1 saturated carbocycles. The summed E-state index contributed by atoms with van der Waals surface area (Å²) in [5.74, 6) is 1.73.